The number of aromatic nitrogens is 1. The van der Waals surface area contributed by atoms with Crippen LogP contribution in [0.5, 0.6) is 0 Å². The summed E-state index contributed by atoms with van der Waals surface area (Å²) in [7, 11) is 0. The van der Waals surface area contributed by atoms with E-state index in [0.29, 0.717) is 19.0 Å². The van der Waals surface area contributed by atoms with Gasteiger partial charge in [-0.2, -0.15) is 0 Å². The zero-order chi connectivity index (χ0) is 19.9. The Balaban J connectivity index is 1.56. The molecule has 28 heavy (non-hydrogen) atoms. The van der Waals surface area contributed by atoms with Gasteiger partial charge in [-0.3, -0.25) is 19.5 Å². The van der Waals surface area contributed by atoms with E-state index < -0.39 is 11.8 Å². The molecule has 1 fully saturated rings. The molecule has 0 spiro atoms. The van der Waals surface area contributed by atoms with E-state index in [1.54, 1.807) is 17.3 Å². The van der Waals surface area contributed by atoms with Crippen LogP contribution in [0.25, 0.3) is 0 Å². The Morgan fingerprint density at radius 2 is 1.93 bits per heavy atom. The van der Waals surface area contributed by atoms with Gasteiger partial charge >= 0.3 is 11.8 Å². The molecule has 2 aromatic rings. The summed E-state index contributed by atoms with van der Waals surface area (Å²) < 4.78 is 0. The summed E-state index contributed by atoms with van der Waals surface area (Å²) in [6, 6.07) is 12.2. The van der Waals surface area contributed by atoms with Crippen molar-refractivity contribution in [3.63, 3.8) is 0 Å². The van der Waals surface area contributed by atoms with Crippen LogP contribution in [0.2, 0.25) is 0 Å². The molecule has 1 aromatic carbocycles. The quantitative estimate of drug-likeness (QED) is 0.779. The van der Waals surface area contributed by atoms with Crippen molar-refractivity contribution in [2.75, 3.05) is 19.6 Å². The maximum absolute atomic E-state index is 12.3. The molecule has 3 rings (SSSR count). The van der Waals surface area contributed by atoms with E-state index in [4.69, 9.17) is 5.73 Å². The highest BCUT2D eigenvalue weighted by Crippen LogP contribution is 2.22. The van der Waals surface area contributed by atoms with E-state index in [9.17, 15) is 9.59 Å². The van der Waals surface area contributed by atoms with E-state index >= 15 is 0 Å². The smallest absolute Gasteiger partial charge is 0.311 e. The van der Waals surface area contributed by atoms with Gasteiger partial charge in [-0.1, -0.05) is 30.3 Å². The minimum atomic E-state index is -0.902. The van der Waals surface area contributed by atoms with Crippen LogP contribution in [0.15, 0.2) is 48.8 Å². The summed E-state index contributed by atoms with van der Waals surface area (Å²) in [5, 5.41) is 0. The summed E-state index contributed by atoms with van der Waals surface area (Å²) in [6.45, 7) is 6.00. The predicted molar refractivity (Wildman–Crippen MR) is 108 cm³/mol. The van der Waals surface area contributed by atoms with Crippen molar-refractivity contribution in [1.82, 2.24) is 14.8 Å². The Labute approximate surface area is 166 Å². The van der Waals surface area contributed by atoms with Crippen LogP contribution in [-0.4, -0.2) is 46.2 Å². The lowest BCUT2D eigenvalue weighted by molar-refractivity contribution is -0.145. The number of hydrogen-bond acceptors (Lipinski definition) is 4. The van der Waals surface area contributed by atoms with Crippen molar-refractivity contribution in [2.24, 2.45) is 11.7 Å². The van der Waals surface area contributed by atoms with Gasteiger partial charge in [-0.15, -0.1) is 0 Å². The Hall–Kier alpha value is -2.73. The lowest BCUT2D eigenvalue weighted by Gasteiger charge is -2.35. The second kappa shape index (κ2) is 9.46. The number of pyridine rings is 1. The van der Waals surface area contributed by atoms with Gasteiger partial charge in [0.05, 0.1) is 0 Å². The fourth-order valence-corrected chi connectivity index (χ4v) is 3.75. The van der Waals surface area contributed by atoms with E-state index in [-0.39, 0.29) is 0 Å². The average Bonchev–Trinajstić information content (AvgIpc) is 2.71. The molecule has 0 bridgehead atoms. The number of hydrogen-bond donors (Lipinski definition) is 1. The summed E-state index contributed by atoms with van der Waals surface area (Å²) in [4.78, 5) is 31.9. The number of aryl methyl sites for hydroxylation is 1. The Morgan fingerprint density at radius 3 is 2.57 bits per heavy atom. The lowest BCUT2D eigenvalue weighted by Crippen LogP contribution is -2.44. The number of likely N-dealkylation sites (tertiary alicyclic amines) is 1. The van der Waals surface area contributed by atoms with Crippen molar-refractivity contribution >= 4 is 11.8 Å². The van der Waals surface area contributed by atoms with Gasteiger partial charge in [-0.05, 0) is 61.5 Å². The van der Waals surface area contributed by atoms with E-state index in [1.807, 2.05) is 12.1 Å². The molecule has 0 aliphatic carbocycles. The minimum absolute atomic E-state index is 0.360. The van der Waals surface area contributed by atoms with Crippen molar-refractivity contribution in [3.05, 3.63) is 65.5 Å². The number of nitrogens with two attached hydrogens (primary N) is 1. The topological polar surface area (TPSA) is 79.5 Å². The molecule has 1 saturated heterocycles. The molecule has 0 atom stereocenters. The van der Waals surface area contributed by atoms with E-state index in [2.05, 4.69) is 41.1 Å². The highest BCUT2D eigenvalue weighted by atomic mass is 16.2. The molecule has 0 radical (unpaired) electrons. The standard InChI is InChI=1S/C22H28N4O2/c1-17-5-2-3-7-20(17)16-25-11-8-18(9-12-25)14-26(22(28)21(23)27)15-19-6-4-10-24-13-19/h2-7,10,13,18H,8-9,11-12,14-16H2,1H3,(H2,23,27). The van der Waals surface area contributed by atoms with Crippen molar-refractivity contribution < 1.29 is 9.59 Å². The Bertz CT molecular complexity index is 801. The number of nitrogens with zero attached hydrogens (tertiary/aromatic N) is 3. The first-order valence-corrected chi connectivity index (χ1v) is 9.77. The van der Waals surface area contributed by atoms with Crippen LogP contribution in [-0.2, 0) is 22.7 Å². The number of rotatable bonds is 6. The molecule has 2 amide bonds. The Morgan fingerprint density at radius 1 is 1.18 bits per heavy atom. The third-order valence-corrected chi connectivity index (χ3v) is 5.44. The molecule has 148 valence electrons. The number of amides is 2. The maximum atomic E-state index is 12.3. The van der Waals surface area contributed by atoms with E-state index in [0.717, 1.165) is 38.0 Å². The third kappa shape index (κ3) is 5.39. The van der Waals surface area contributed by atoms with Crippen LogP contribution in [0.4, 0.5) is 0 Å². The van der Waals surface area contributed by atoms with Gasteiger partial charge in [0.2, 0.25) is 0 Å². The highest BCUT2D eigenvalue weighted by Gasteiger charge is 2.26. The first-order valence-electron chi connectivity index (χ1n) is 9.77. The SMILES string of the molecule is Cc1ccccc1CN1CCC(CN(Cc2cccnc2)C(=O)C(N)=O)CC1. The molecule has 1 aliphatic rings. The first-order chi connectivity index (χ1) is 13.5. The van der Waals surface area contributed by atoms with Crippen LogP contribution in [0.3, 0.4) is 0 Å². The zero-order valence-corrected chi connectivity index (χ0v) is 16.4. The van der Waals surface area contributed by atoms with Gasteiger partial charge in [0.1, 0.15) is 0 Å². The van der Waals surface area contributed by atoms with Crippen LogP contribution < -0.4 is 5.73 Å². The van der Waals surface area contributed by atoms with Gasteiger partial charge in [0.25, 0.3) is 0 Å². The number of carbonyl (C=O) groups excluding carboxylic acids is 2. The highest BCUT2D eigenvalue weighted by molar-refractivity contribution is 6.34. The number of benzene rings is 1. The van der Waals surface area contributed by atoms with E-state index in [1.165, 1.54) is 11.1 Å². The second-order valence-electron chi connectivity index (χ2n) is 7.56. The van der Waals surface area contributed by atoms with Gasteiger partial charge in [0, 0.05) is 32.0 Å². The summed E-state index contributed by atoms with van der Waals surface area (Å²) in [6.07, 6.45) is 5.41. The van der Waals surface area contributed by atoms with Crippen LogP contribution in [0, 0.1) is 12.8 Å². The van der Waals surface area contributed by atoms with Gasteiger partial charge in [-0.25, -0.2) is 0 Å². The normalized spacial score (nSPS) is 15.3. The summed E-state index contributed by atoms with van der Waals surface area (Å²) in [5.41, 5.74) is 8.84. The Kier molecular flexibility index (Phi) is 6.76. The van der Waals surface area contributed by atoms with Crippen molar-refractivity contribution in [3.8, 4) is 0 Å². The minimum Gasteiger partial charge on any atom is -0.361 e. The summed E-state index contributed by atoms with van der Waals surface area (Å²) >= 11 is 0. The fourth-order valence-electron chi connectivity index (χ4n) is 3.75. The first kappa shape index (κ1) is 20.0. The largest absolute Gasteiger partial charge is 0.361 e. The molecule has 1 aromatic heterocycles. The summed E-state index contributed by atoms with van der Waals surface area (Å²) in [5.74, 6) is -1.15. The molecular formula is C22H28N4O2. The molecule has 0 unspecified atom stereocenters. The van der Waals surface area contributed by atoms with Crippen molar-refractivity contribution in [1.29, 1.82) is 0 Å². The maximum Gasteiger partial charge on any atom is 0.311 e. The lowest BCUT2D eigenvalue weighted by atomic mass is 9.95. The monoisotopic (exact) mass is 380 g/mol. The molecule has 0 saturated carbocycles. The second-order valence-corrected chi connectivity index (χ2v) is 7.56. The van der Waals surface area contributed by atoms with Gasteiger partial charge in [0.15, 0.2) is 0 Å². The van der Waals surface area contributed by atoms with Crippen LogP contribution in [0.1, 0.15) is 29.5 Å². The van der Waals surface area contributed by atoms with Crippen molar-refractivity contribution in [2.45, 2.75) is 32.9 Å². The predicted octanol–water partition coefficient (Wildman–Crippen LogP) is 2.12. The third-order valence-electron chi connectivity index (χ3n) is 5.44. The van der Waals surface area contributed by atoms with Gasteiger partial charge < -0.3 is 10.6 Å². The number of carbonyl (C=O) groups is 2. The number of piperidine rings is 1. The fraction of sp³-hybridized carbons (Fsp3) is 0.409. The molecule has 6 heteroatoms. The molecular weight excluding hydrogens is 352 g/mol. The average molecular weight is 380 g/mol. The molecule has 1 aliphatic heterocycles. The molecule has 6 nitrogen and oxygen atoms in total. The molecule has 2 heterocycles. The zero-order valence-electron chi connectivity index (χ0n) is 16.4. The van der Waals surface area contributed by atoms with Crippen LogP contribution >= 0.6 is 0 Å². The molecule has 2 N–H and O–H groups in total. The number of primary amides is 1.